The summed E-state index contributed by atoms with van der Waals surface area (Å²) in [6.45, 7) is 1.23. The van der Waals surface area contributed by atoms with Gasteiger partial charge in [0.05, 0.1) is 13.7 Å². The monoisotopic (exact) mass is 336 g/mol. The average molecular weight is 336 g/mol. The third-order valence-electron chi connectivity index (χ3n) is 2.34. The standard InChI is InChI=1S/C11H16N2O6S2/c1-7-6-20-9(11(15)18-2)10(7)21(16,17)13-3-4-19-5-8(12)14/h6,13H,3-5H2,1-2H3,(H2,12,14). The van der Waals surface area contributed by atoms with Crippen molar-refractivity contribution in [2.24, 2.45) is 5.73 Å². The van der Waals surface area contributed by atoms with E-state index in [2.05, 4.69) is 9.46 Å². The molecule has 1 aromatic rings. The molecule has 0 aliphatic heterocycles. The van der Waals surface area contributed by atoms with Crippen molar-refractivity contribution in [1.82, 2.24) is 4.72 Å². The Morgan fingerprint density at radius 1 is 1.43 bits per heavy atom. The summed E-state index contributed by atoms with van der Waals surface area (Å²) < 4.78 is 36.1. The number of sulfonamides is 1. The molecule has 118 valence electrons. The minimum absolute atomic E-state index is 0.0144. The first-order valence-electron chi connectivity index (χ1n) is 5.81. The number of hydrogen-bond acceptors (Lipinski definition) is 7. The van der Waals surface area contributed by atoms with E-state index >= 15 is 0 Å². The fourth-order valence-corrected chi connectivity index (χ4v) is 4.21. The zero-order valence-corrected chi connectivity index (χ0v) is 13.2. The third kappa shape index (κ3) is 4.77. The normalized spacial score (nSPS) is 11.3. The molecule has 0 aliphatic carbocycles. The van der Waals surface area contributed by atoms with Gasteiger partial charge >= 0.3 is 5.97 Å². The van der Waals surface area contributed by atoms with Gasteiger partial charge in [-0.25, -0.2) is 17.9 Å². The number of ether oxygens (including phenoxy) is 2. The van der Waals surface area contributed by atoms with Crippen LogP contribution in [0.25, 0.3) is 0 Å². The second-order valence-electron chi connectivity index (χ2n) is 3.99. The molecule has 0 bridgehead atoms. The lowest BCUT2D eigenvalue weighted by atomic mass is 10.3. The largest absolute Gasteiger partial charge is 0.465 e. The van der Waals surface area contributed by atoms with Crippen LogP contribution in [-0.2, 0) is 24.3 Å². The van der Waals surface area contributed by atoms with Crippen molar-refractivity contribution in [3.8, 4) is 0 Å². The molecule has 0 aromatic carbocycles. The molecule has 0 aliphatic rings. The Morgan fingerprint density at radius 3 is 2.67 bits per heavy atom. The lowest BCUT2D eigenvalue weighted by Gasteiger charge is -2.08. The first kappa shape index (κ1) is 17.6. The zero-order valence-electron chi connectivity index (χ0n) is 11.5. The van der Waals surface area contributed by atoms with Crippen LogP contribution >= 0.6 is 11.3 Å². The predicted molar refractivity (Wildman–Crippen MR) is 75.6 cm³/mol. The average Bonchev–Trinajstić information content (AvgIpc) is 2.79. The maximum Gasteiger partial charge on any atom is 0.349 e. The van der Waals surface area contributed by atoms with Crippen molar-refractivity contribution >= 4 is 33.2 Å². The molecule has 0 spiro atoms. The van der Waals surface area contributed by atoms with Crippen molar-refractivity contribution in [2.75, 3.05) is 26.9 Å². The Hall–Kier alpha value is -1.49. The third-order valence-corrected chi connectivity index (χ3v) is 5.20. The molecule has 0 saturated carbocycles. The minimum Gasteiger partial charge on any atom is -0.465 e. The topological polar surface area (TPSA) is 125 Å². The van der Waals surface area contributed by atoms with Gasteiger partial charge in [-0.15, -0.1) is 11.3 Å². The quantitative estimate of drug-likeness (QED) is 0.492. The van der Waals surface area contributed by atoms with E-state index in [0.717, 1.165) is 11.3 Å². The number of primary amides is 1. The van der Waals surface area contributed by atoms with Crippen LogP contribution in [0, 0.1) is 6.92 Å². The van der Waals surface area contributed by atoms with E-state index in [9.17, 15) is 18.0 Å². The van der Waals surface area contributed by atoms with Crippen LogP contribution in [0.2, 0.25) is 0 Å². The fourth-order valence-electron chi connectivity index (χ4n) is 1.49. The molecule has 21 heavy (non-hydrogen) atoms. The second kappa shape index (κ2) is 7.50. The molecule has 8 nitrogen and oxygen atoms in total. The van der Waals surface area contributed by atoms with Crippen molar-refractivity contribution in [3.63, 3.8) is 0 Å². The number of carbonyl (C=O) groups is 2. The van der Waals surface area contributed by atoms with Gasteiger partial charge in [-0.1, -0.05) is 0 Å². The molecule has 1 amide bonds. The Morgan fingerprint density at radius 2 is 2.10 bits per heavy atom. The number of aryl methyl sites for hydroxylation is 1. The maximum atomic E-state index is 12.2. The molecule has 0 atom stereocenters. The van der Waals surface area contributed by atoms with Gasteiger partial charge in [0.25, 0.3) is 0 Å². The van der Waals surface area contributed by atoms with Gasteiger partial charge in [0.15, 0.2) is 0 Å². The number of rotatable bonds is 8. The Balaban J connectivity index is 2.77. The smallest absolute Gasteiger partial charge is 0.349 e. The van der Waals surface area contributed by atoms with Gasteiger partial charge in [0, 0.05) is 6.54 Å². The highest BCUT2D eigenvalue weighted by atomic mass is 32.2. The van der Waals surface area contributed by atoms with E-state index in [4.69, 9.17) is 10.5 Å². The molecule has 0 fully saturated rings. The summed E-state index contributed by atoms with van der Waals surface area (Å²) >= 11 is 0.997. The number of nitrogens with one attached hydrogen (secondary N) is 1. The summed E-state index contributed by atoms with van der Waals surface area (Å²) in [5.41, 5.74) is 5.32. The second-order valence-corrected chi connectivity index (χ2v) is 6.57. The van der Waals surface area contributed by atoms with Crippen molar-refractivity contribution < 1.29 is 27.5 Å². The number of methoxy groups -OCH3 is 1. The maximum absolute atomic E-state index is 12.2. The molecular formula is C11H16N2O6S2. The predicted octanol–water partition coefficient (Wildman–Crippen LogP) is -0.377. The number of nitrogens with two attached hydrogens (primary N) is 1. The van der Waals surface area contributed by atoms with Crippen LogP contribution in [0.3, 0.4) is 0 Å². The Labute approximate surface area is 126 Å². The fraction of sp³-hybridized carbons (Fsp3) is 0.455. The van der Waals surface area contributed by atoms with Gasteiger partial charge in [-0.2, -0.15) is 0 Å². The number of esters is 1. The van der Waals surface area contributed by atoms with Gasteiger partial charge in [-0.05, 0) is 17.9 Å². The van der Waals surface area contributed by atoms with Crippen LogP contribution in [-0.4, -0.2) is 47.2 Å². The molecule has 1 heterocycles. The highest BCUT2D eigenvalue weighted by molar-refractivity contribution is 7.89. The molecule has 1 rings (SSSR count). The molecule has 1 aromatic heterocycles. The van der Waals surface area contributed by atoms with Gasteiger partial charge in [0.2, 0.25) is 15.9 Å². The number of carbonyl (C=O) groups excluding carboxylic acids is 2. The van der Waals surface area contributed by atoms with Crippen LogP contribution in [0.5, 0.6) is 0 Å². The van der Waals surface area contributed by atoms with Crippen molar-refractivity contribution in [2.45, 2.75) is 11.8 Å². The van der Waals surface area contributed by atoms with Gasteiger partial charge in [-0.3, -0.25) is 4.79 Å². The van der Waals surface area contributed by atoms with E-state index in [-0.39, 0.29) is 29.5 Å². The summed E-state index contributed by atoms with van der Waals surface area (Å²) in [4.78, 5) is 21.9. The van der Waals surface area contributed by atoms with Crippen LogP contribution in [0.1, 0.15) is 15.2 Å². The molecule has 10 heteroatoms. The van der Waals surface area contributed by atoms with E-state index in [1.807, 2.05) is 0 Å². The van der Waals surface area contributed by atoms with Crippen LogP contribution in [0.4, 0.5) is 0 Å². The first-order valence-corrected chi connectivity index (χ1v) is 8.18. The number of thiophene rings is 1. The molecule has 0 radical (unpaired) electrons. The Bertz CT molecular complexity index is 623. The van der Waals surface area contributed by atoms with E-state index in [0.29, 0.717) is 5.56 Å². The molecule has 3 N–H and O–H groups in total. The lowest BCUT2D eigenvalue weighted by molar-refractivity contribution is -0.122. The lowest BCUT2D eigenvalue weighted by Crippen LogP contribution is -2.30. The Kier molecular flexibility index (Phi) is 6.27. The number of hydrogen-bond donors (Lipinski definition) is 2. The molecule has 0 unspecified atom stereocenters. The molecule has 0 saturated heterocycles. The van der Waals surface area contributed by atoms with E-state index < -0.39 is 21.9 Å². The number of amides is 1. The SMILES string of the molecule is COC(=O)c1scc(C)c1S(=O)(=O)NCCOCC(N)=O. The highest BCUT2D eigenvalue weighted by Crippen LogP contribution is 2.27. The minimum atomic E-state index is -3.87. The van der Waals surface area contributed by atoms with E-state index in [1.54, 1.807) is 12.3 Å². The first-order chi connectivity index (χ1) is 9.79. The molecular weight excluding hydrogens is 320 g/mol. The van der Waals surface area contributed by atoms with E-state index in [1.165, 1.54) is 7.11 Å². The van der Waals surface area contributed by atoms with Crippen molar-refractivity contribution in [3.05, 3.63) is 15.8 Å². The summed E-state index contributed by atoms with van der Waals surface area (Å²) in [6.07, 6.45) is 0. The zero-order chi connectivity index (χ0) is 16.0. The highest BCUT2D eigenvalue weighted by Gasteiger charge is 2.27. The summed E-state index contributed by atoms with van der Waals surface area (Å²) in [5.74, 6) is -1.35. The van der Waals surface area contributed by atoms with Crippen LogP contribution in [0.15, 0.2) is 10.3 Å². The summed E-state index contributed by atoms with van der Waals surface area (Å²) in [7, 11) is -2.69. The van der Waals surface area contributed by atoms with Gasteiger partial charge in [0.1, 0.15) is 16.4 Å². The van der Waals surface area contributed by atoms with Crippen molar-refractivity contribution in [1.29, 1.82) is 0 Å². The van der Waals surface area contributed by atoms with Crippen LogP contribution < -0.4 is 10.5 Å². The van der Waals surface area contributed by atoms with Gasteiger partial charge < -0.3 is 15.2 Å². The summed E-state index contributed by atoms with van der Waals surface area (Å²) in [5, 5.41) is 1.56. The summed E-state index contributed by atoms with van der Waals surface area (Å²) in [6, 6.07) is 0.